The van der Waals surface area contributed by atoms with Crippen LogP contribution in [0.25, 0.3) is 5.65 Å². The van der Waals surface area contributed by atoms with Gasteiger partial charge in [-0.1, -0.05) is 29.8 Å². The van der Waals surface area contributed by atoms with Crippen LogP contribution in [0.5, 0.6) is 5.75 Å². The molecule has 2 aromatic heterocycles. The van der Waals surface area contributed by atoms with Gasteiger partial charge in [-0.05, 0) is 19.9 Å². The molecule has 2 unspecified atom stereocenters. The van der Waals surface area contributed by atoms with Crippen molar-refractivity contribution in [2.45, 2.75) is 45.9 Å². The van der Waals surface area contributed by atoms with E-state index in [-0.39, 0.29) is 18.1 Å². The predicted molar refractivity (Wildman–Crippen MR) is 97.4 cm³/mol. The average Bonchev–Trinajstić information content (AvgIpc) is 3.22. The number of halogens is 3. The Hall–Kier alpha value is -2.29. The minimum absolute atomic E-state index is 0.151. The molecule has 0 N–H and O–H groups in total. The van der Waals surface area contributed by atoms with Crippen molar-refractivity contribution in [2.24, 2.45) is 0 Å². The summed E-state index contributed by atoms with van der Waals surface area (Å²) >= 11 is 6.29. The second kappa shape index (κ2) is 6.37. The van der Waals surface area contributed by atoms with Gasteiger partial charge in [0.15, 0.2) is 5.65 Å². The highest BCUT2D eigenvalue weighted by Gasteiger charge is 2.48. The van der Waals surface area contributed by atoms with Gasteiger partial charge in [-0.15, -0.1) is 0 Å². The summed E-state index contributed by atoms with van der Waals surface area (Å²) in [5.41, 5.74) is 5.05. The summed E-state index contributed by atoms with van der Waals surface area (Å²) in [7, 11) is 0. The van der Waals surface area contributed by atoms with Crippen LogP contribution < -0.4 is 4.74 Å². The number of hydrogen-bond acceptors (Lipinski definition) is 5. The zero-order chi connectivity index (χ0) is 19.6. The van der Waals surface area contributed by atoms with Crippen LogP contribution in [0.3, 0.4) is 0 Å². The molecule has 1 aromatic carbocycles. The maximum Gasteiger partial charge on any atom is 0.387 e. The number of alkyl halides is 2. The van der Waals surface area contributed by atoms with Gasteiger partial charge in [-0.3, -0.25) is 4.90 Å². The van der Waals surface area contributed by atoms with E-state index in [4.69, 9.17) is 16.3 Å². The van der Waals surface area contributed by atoms with Crippen molar-refractivity contribution in [1.82, 2.24) is 19.5 Å². The van der Waals surface area contributed by atoms with E-state index < -0.39 is 6.61 Å². The van der Waals surface area contributed by atoms with Crippen LogP contribution in [0.1, 0.15) is 34.3 Å². The highest BCUT2D eigenvalue weighted by Crippen LogP contribution is 2.47. The average molecular weight is 407 g/mol. The van der Waals surface area contributed by atoms with Crippen molar-refractivity contribution in [3.05, 3.63) is 57.5 Å². The van der Waals surface area contributed by atoms with Gasteiger partial charge in [0.05, 0.1) is 22.1 Å². The van der Waals surface area contributed by atoms with E-state index in [2.05, 4.69) is 19.7 Å². The van der Waals surface area contributed by atoms with Gasteiger partial charge in [0.25, 0.3) is 0 Å². The lowest BCUT2D eigenvalue weighted by atomic mass is 10.1. The maximum absolute atomic E-state index is 12.7. The molecule has 0 saturated carbocycles. The summed E-state index contributed by atoms with van der Waals surface area (Å²) in [6, 6.07) is 6.74. The number of aryl methyl sites for hydroxylation is 2. The van der Waals surface area contributed by atoms with Crippen LogP contribution in [0.4, 0.5) is 8.78 Å². The number of para-hydroxylation sites is 1. The Labute approximate surface area is 164 Å². The van der Waals surface area contributed by atoms with E-state index in [9.17, 15) is 8.78 Å². The molecule has 146 valence electrons. The van der Waals surface area contributed by atoms with E-state index in [1.54, 1.807) is 22.7 Å². The van der Waals surface area contributed by atoms with Crippen LogP contribution >= 0.6 is 11.6 Å². The Morgan fingerprint density at radius 1 is 1.25 bits per heavy atom. The van der Waals surface area contributed by atoms with Gasteiger partial charge in [-0.25, -0.2) is 9.50 Å². The van der Waals surface area contributed by atoms with E-state index in [1.807, 2.05) is 13.8 Å². The lowest BCUT2D eigenvalue weighted by Gasteiger charge is -2.13. The maximum atomic E-state index is 12.7. The van der Waals surface area contributed by atoms with Crippen LogP contribution in [-0.4, -0.2) is 32.3 Å². The quantitative estimate of drug-likeness (QED) is 0.613. The van der Waals surface area contributed by atoms with E-state index in [0.29, 0.717) is 23.7 Å². The molecule has 9 heteroatoms. The van der Waals surface area contributed by atoms with Crippen LogP contribution in [0, 0.1) is 13.8 Å². The van der Waals surface area contributed by atoms with E-state index in [0.717, 1.165) is 28.3 Å². The van der Waals surface area contributed by atoms with Gasteiger partial charge in [0, 0.05) is 24.2 Å². The number of hydrogen-bond donors (Lipinski definition) is 0. The Kier molecular flexibility index (Phi) is 4.04. The highest BCUT2D eigenvalue weighted by atomic mass is 35.5. The normalized spacial score (nSPS) is 21.5. The third-order valence-electron chi connectivity index (χ3n) is 5.25. The van der Waals surface area contributed by atoms with Gasteiger partial charge in [-0.2, -0.15) is 13.9 Å². The first kappa shape index (κ1) is 17.8. The molecular weight excluding hydrogens is 390 g/mol. The number of aromatic nitrogens is 3. The molecule has 0 radical (unpaired) electrons. The summed E-state index contributed by atoms with van der Waals surface area (Å²) in [6.45, 7) is 2.16. The zero-order valence-electron chi connectivity index (χ0n) is 15.2. The minimum atomic E-state index is -2.87. The first-order valence-corrected chi connectivity index (χ1v) is 9.28. The second-order valence-electron chi connectivity index (χ2n) is 7.03. The zero-order valence-corrected chi connectivity index (χ0v) is 16.0. The summed E-state index contributed by atoms with van der Waals surface area (Å²) in [6.07, 6.45) is -0.505. The van der Waals surface area contributed by atoms with Crippen molar-refractivity contribution < 1.29 is 18.3 Å². The van der Waals surface area contributed by atoms with Gasteiger partial charge in [0.1, 0.15) is 18.1 Å². The molecule has 0 amide bonds. The number of epoxide rings is 1. The Morgan fingerprint density at radius 3 is 2.82 bits per heavy atom. The largest absolute Gasteiger partial charge is 0.434 e. The first-order chi connectivity index (χ1) is 13.4. The SMILES string of the molecule is Cc1nc2c3c(nn2c(C)c1Cl)CN(C1OC1c1ccccc1OC(F)F)C3. The first-order valence-electron chi connectivity index (χ1n) is 8.90. The predicted octanol–water partition coefficient (Wildman–Crippen LogP) is 4.01. The molecule has 2 atom stereocenters. The molecular formula is C19H17ClF2N4O2. The molecule has 1 saturated heterocycles. The van der Waals surface area contributed by atoms with Crippen molar-refractivity contribution in [3.63, 3.8) is 0 Å². The number of nitrogens with zero attached hydrogens (tertiary/aromatic N) is 4. The second-order valence-corrected chi connectivity index (χ2v) is 7.40. The minimum Gasteiger partial charge on any atom is -0.434 e. The fraction of sp³-hybridized carbons (Fsp3) is 0.368. The van der Waals surface area contributed by atoms with Crippen LogP contribution in [0.15, 0.2) is 24.3 Å². The Balaban J connectivity index is 1.39. The summed E-state index contributed by atoms with van der Waals surface area (Å²) in [4.78, 5) is 6.73. The van der Waals surface area contributed by atoms with Gasteiger partial charge in [0.2, 0.25) is 0 Å². The molecule has 1 fully saturated rings. The number of fused-ring (bicyclic) bond motifs is 3. The molecule has 3 aromatic rings. The van der Waals surface area contributed by atoms with Crippen LogP contribution in [-0.2, 0) is 17.8 Å². The van der Waals surface area contributed by atoms with Crippen molar-refractivity contribution in [3.8, 4) is 5.75 Å². The van der Waals surface area contributed by atoms with E-state index >= 15 is 0 Å². The molecule has 0 spiro atoms. The number of rotatable bonds is 4. The van der Waals surface area contributed by atoms with Crippen LogP contribution in [0.2, 0.25) is 5.02 Å². The molecule has 5 rings (SSSR count). The molecule has 0 aliphatic carbocycles. The molecule has 4 heterocycles. The summed E-state index contributed by atoms with van der Waals surface area (Å²) in [5.74, 6) is 0.151. The lowest BCUT2D eigenvalue weighted by molar-refractivity contribution is -0.0506. The third-order valence-corrected chi connectivity index (χ3v) is 5.80. The summed E-state index contributed by atoms with van der Waals surface area (Å²) in [5, 5.41) is 5.28. The van der Waals surface area contributed by atoms with Crippen molar-refractivity contribution in [1.29, 1.82) is 0 Å². The molecule has 0 bridgehead atoms. The summed E-state index contributed by atoms with van der Waals surface area (Å²) < 4.78 is 37.6. The fourth-order valence-electron chi connectivity index (χ4n) is 3.85. The topological polar surface area (TPSA) is 55.2 Å². The lowest BCUT2D eigenvalue weighted by Crippen LogP contribution is -2.21. The number of ether oxygens (including phenoxy) is 2. The Bertz CT molecular complexity index is 1090. The highest BCUT2D eigenvalue weighted by molar-refractivity contribution is 6.31. The molecule has 2 aliphatic heterocycles. The van der Waals surface area contributed by atoms with Crippen molar-refractivity contribution >= 4 is 17.2 Å². The standard InChI is InChI=1S/C19H17ClF2N4O2/c1-9-15(20)10(2)26-17(23-9)12-7-25(8-13(12)24-26)18-16(28-18)11-5-3-4-6-14(11)27-19(21)22/h3-6,16,18-19H,7-8H2,1-2H3. The molecule has 28 heavy (non-hydrogen) atoms. The smallest absolute Gasteiger partial charge is 0.387 e. The van der Waals surface area contributed by atoms with Gasteiger partial charge < -0.3 is 9.47 Å². The van der Waals surface area contributed by atoms with E-state index in [1.165, 1.54) is 6.07 Å². The third kappa shape index (κ3) is 2.75. The molecule has 2 aliphatic rings. The Morgan fingerprint density at radius 2 is 2.04 bits per heavy atom. The van der Waals surface area contributed by atoms with Gasteiger partial charge >= 0.3 is 6.61 Å². The monoisotopic (exact) mass is 406 g/mol. The molecule has 6 nitrogen and oxygen atoms in total. The van der Waals surface area contributed by atoms with Crippen molar-refractivity contribution in [2.75, 3.05) is 0 Å². The number of benzene rings is 1. The fourth-order valence-corrected chi connectivity index (χ4v) is 3.97.